The zero-order chi connectivity index (χ0) is 17.0. The molecule has 1 aromatic carbocycles. The van der Waals surface area contributed by atoms with Crippen molar-refractivity contribution < 1.29 is 27.6 Å². The van der Waals surface area contributed by atoms with E-state index < -0.39 is 16.0 Å². The van der Waals surface area contributed by atoms with Crippen LogP contribution in [0.15, 0.2) is 33.8 Å². The summed E-state index contributed by atoms with van der Waals surface area (Å²) in [5.41, 5.74) is 0.520. The normalized spacial score (nSPS) is 11.2. The highest BCUT2D eigenvalue weighted by atomic mass is 32.2. The van der Waals surface area contributed by atoms with E-state index in [-0.39, 0.29) is 22.6 Å². The minimum absolute atomic E-state index is 0.0715. The number of rotatable bonds is 7. The summed E-state index contributed by atoms with van der Waals surface area (Å²) in [5.74, 6) is -0.364. The SMILES string of the molecule is CCc1oncc1NS(=O)(=O)c1ccc(OC)c(CC(=O)O)c1. The zero-order valence-corrected chi connectivity index (χ0v) is 13.4. The van der Waals surface area contributed by atoms with E-state index >= 15 is 0 Å². The van der Waals surface area contributed by atoms with E-state index in [2.05, 4.69) is 9.88 Å². The van der Waals surface area contributed by atoms with Gasteiger partial charge in [0.25, 0.3) is 10.0 Å². The Hall–Kier alpha value is -2.55. The number of ether oxygens (including phenoxy) is 1. The Morgan fingerprint density at radius 1 is 1.43 bits per heavy atom. The number of aliphatic carboxylic acids is 1. The molecule has 0 aliphatic heterocycles. The highest BCUT2D eigenvalue weighted by molar-refractivity contribution is 7.92. The average molecular weight is 340 g/mol. The lowest BCUT2D eigenvalue weighted by molar-refractivity contribution is -0.136. The van der Waals surface area contributed by atoms with Crippen LogP contribution in [-0.4, -0.2) is 31.8 Å². The fourth-order valence-electron chi connectivity index (χ4n) is 2.03. The minimum Gasteiger partial charge on any atom is -0.496 e. The molecule has 0 atom stereocenters. The van der Waals surface area contributed by atoms with Crippen molar-refractivity contribution in [3.63, 3.8) is 0 Å². The number of anilines is 1. The lowest BCUT2D eigenvalue weighted by atomic mass is 10.1. The Kier molecular flexibility index (Phi) is 4.89. The number of aromatic nitrogens is 1. The smallest absolute Gasteiger partial charge is 0.307 e. The van der Waals surface area contributed by atoms with Crippen LogP contribution in [0, 0.1) is 0 Å². The van der Waals surface area contributed by atoms with Crippen molar-refractivity contribution in [3.8, 4) is 5.75 Å². The largest absolute Gasteiger partial charge is 0.496 e. The molecule has 124 valence electrons. The molecule has 0 spiro atoms. The molecule has 1 aromatic heterocycles. The van der Waals surface area contributed by atoms with Gasteiger partial charge in [0.2, 0.25) is 0 Å². The molecule has 0 amide bonds. The highest BCUT2D eigenvalue weighted by Gasteiger charge is 2.20. The molecule has 0 bridgehead atoms. The van der Waals surface area contributed by atoms with Gasteiger partial charge in [-0.25, -0.2) is 8.42 Å². The quantitative estimate of drug-likeness (QED) is 0.787. The second-order valence-electron chi connectivity index (χ2n) is 4.67. The number of sulfonamides is 1. The summed E-state index contributed by atoms with van der Waals surface area (Å²) in [5, 5.41) is 12.5. The molecule has 2 aromatic rings. The van der Waals surface area contributed by atoms with Gasteiger partial charge < -0.3 is 14.4 Å². The van der Waals surface area contributed by atoms with Gasteiger partial charge in [-0.05, 0) is 18.2 Å². The number of carboxylic acids is 1. The first kappa shape index (κ1) is 16.8. The number of nitrogens with zero attached hydrogens (tertiary/aromatic N) is 1. The third kappa shape index (κ3) is 3.81. The first-order chi connectivity index (χ1) is 10.9. The first-order valence-electron chi connectivity index (χ1n) is 6.72. The molecular weight excluding hydrogens is 324 g/mol. The van der Waals surface area contributed by atoms with E-state index in [9.17, 15) is 13.2 Å². The second kappa shape index (κ2) is 6.69. The Balaban J connectivity index is 2.37. The van der Waals surface area contributed by atoms with Crippen LogP contribution in [-0.2, 0) is 27.7 Å². The maximum Gasteiger partial charge on any atom is 0.307 e. The van der Waals surface area contributed by atoms with Gasteiger partial charge in [-0.1, -0.05) is 12.1 Å². The molecule has 2 N–H and O–H groups in total. The number of hydrogen-bond donors (Lipinski definition) is 2. The fourth-order valence-corrected chi connectivity index (χ4v) is 3.15. The minimum atomic E-state index is -3.90. The molecular formula is C14H16N2O6S. The molecule has 0 saturated heterocycles. The highest BCUT2D eigenvalue weighted by Crippen LogP contribution is 2.25. The van der Waals surface area contributed by atoms with E-state index in [1.807, 2.05) is 0 Å². The van der Waals surface area contributed by atoms with Crippen LogP contribution in [0.3, 0.4) is 0 Å². The maximum absolute atomic E-state index is 12.4. The van der Waals surface area contributed by atoms with Crippen molar-refractivity contribution in [2.75, 3.05) is 11.8 Å². The van der Waals surface area contributed by atoms with Crippen molar-refractivity contribution in [2.45, 2.75) is 24.7 Å². The molecule has 9 heteroatoms. The fraction of sp³-hybridized carbons (Fsp3) is 0.286. The topological polar surface area (TPSA) is 119 Å². The van der Waals surface area contributed by atoms with E-state index in [4.69, 9.17) is 14.4 Å². The van der Waals surface area contributed by atoms with E-state index in [1.165, 1.54) is 31.5 Å². The number of carboxylic acid groups (broad SMARTS) is 1. The van der Waals surface area contributed by atoms with Crippen LogP contribution in [0.25, 0.3) is 0 Å². The van der Waals surface area contributed by atoms with Crippen LogP contribution in [0.2, 0.25) is 0 Å². The summed E-state index contributed by atoms with van der Waals surface area (Å²) in [6.45, 7) is 1.80. The van der Waals surface area contributed by atoms with Crippen LogP contribution >= 0.6 is 0 Å². The van der Waals surface area contributed by atoms with Gasteiger partial charge in [0, 0.05) is 12.0 Å². The van der Waals surface area contributed by atoms with Crippen LogP contribution in [0.5, 0.6) is 5.75 Å². The molecule has 23 heavy (non-hydrogen) atoms. The van der Waals surface area contributed by atoms with E-state index in [0.29, 0.717) is 17.9 Å². The number of methoxy groups -OCH3 is 1. The number of aryl methyl sites for hydroxylation is 1. The third-order valence-electron chi connectivity index (χ3n) is 3.11. The predicted octanol–water partition coefficient (Wildman–Crippen LogP) is 1.67. The predicted molar refractivity (Wildman–Crippen MR) is 81.0 cm³/mol. The van der Waals surface area contributed by atoms with Gasteiger partial charge in [0.15, 0.2) is 5.76 Å². The molecule has 0 unspecified atom stereocenters. The monoisotopic (exact) mass is 340 g/mol. The molecule has 0 saturated carbocycles. The van der Waals surface area contributed by atoms with Gasteiger partial charge in [-0.15, -0.1) is 0 Å². The van der Waals surface area contributed by atoms with Crippen LogP contribution in [0.1, 0.15) is 18.2 Å². The summed E-state index contributed by atoms with van der Waals surface area (Å²) in [4.78, 5) is 10.8. The number of nitrogens with one attached hydrogen (secondary N) is 1. The van der Waals surface area contributed by atoms with Crippen molar-refractivity contribution in [3.05, 3.63) is 35.7 Å². The maximum atomic E-state index is 12.4. The molecule has 1 heterocycles. The Labute approximate surface area is 133 Å². The Morgan fingerprint density at radius 3 is 2.78 bits per heavy atom. The summed E-state index contributed by atoms with van der Waals surface area (Å²) in [7, 11) is -2.51. The van der Waals surface area contributed by atoms with Crippen LogP contribution < -0.4 is 9.46 Å². The van der Waals surface area contributed by atoms with Gasteiger partial charge in [-0.2, -0.15) is 0 Å². The lowest BCUT2D eigenvalue weighted by Gasteiger charge is -2.11. The van der Waals surface area contributed by atoms with Crippen molar-refractivity contribution in [2.24, 2.45) is 0 Å². The van der Waals surface area contributed by atoms with Gasteiger partial charge in [0.05, 0.1) is 24.6 Å². The molecule has 0 aliphatic carbocycles. The van der Waals surface area contributed by atoms with Crippen molar-refractivity contribution in [1.29, 1.82) is 0 Å². The summed E-state index contributed by atoms with van der Waals surface area (Å²) in [6.07, 6.45) is 1.41. The number of hydrogen-bond acceptors (Lipinski definition) is 6. The molecule has 0 fully saturated rings. The zero-order valence-electron chi connectivity index (χ0n) is 12.6. The summed E-state index contributed by atoms with van der Waals surface area (Å²) < 4.78 is 37.2. The molecule has 2 rings (SSSR count). The molecule has 0 aliphatic rings. The van der Waals surface area contributed by atoms with E-state index in [0.717, 1.165) is 0 Å². The second-order valence-corrected chi connectivity index (χ2v) is 6.35. The van der Waals surface area contributed by atoms with E-state index in [1.54, 1.807) is 6.92 Å². The average Bonchev–Trinajstić information content (AvgIpc) is 2.93. The van der Waals surface area contributed by atoms with Crippen LogP contribution in [0.4, 0.5) is 5.69 Å². The molecule has 8 nitrogen and oxygen atoms in total. The number of carbonyl (C=O) groups is 1. The van der Waals surface area contributed by atoms with Crippen molar-refractivity contribution in [1.82, 2.24) is 5.16 Å². The first-order valence-corrected chi connectivity index (χ1v) is 8.20. The van der Waals surface area contributed by atoms with Gasteiger partial charge in [-0.3, -0.25) is 9.52 Å². The third-order valence-corrected chi connectivity index (χ3v) is 4.48. The van der Waals surface area contributed by atoms with Crippen molar-refractivity contribution >= 4 is 21.7 Å². The van der Waals surface area contributed by atoms with Gasteiger partial charge in [0.1, 0.15) is 11.4 Å². The molecule has 0 radical (unpaired) electrons. The van der Waals surface area contributed by atoms with Gasteiger partial charge >= 0.3 is 5.97 Å². The summed E-state index contributed by atoms with van der Waals surface area (Å²) >= 11 is 0. The summed E-state index contributed by atoms with van der Waals surface area (Å²) in [6, 6.07) is 4.03. The Morgan fingerprint density at radius 2 is 2.17 bits per heavy atom. The lowest BCUT2D eigenvalue weighted by Crippen LogP contribution is -2.14. The Bertz CT molecular complexity index is 812. The standard InChI is InChI=1S/C14H16N2O6S/c1-3-12-11(8-15-22-12)16-23(19,20)10-4-5-13(21-2)9(6-10)7-14(17)18/h4-6,8,16H,3,7H2,1-2H3,(H,17,18). The number of benzene rings is 1.